The lowest BCUT2D eigenvalue weighted by Gasteiger charge is -2.04. The van der Waals surface area contributed by atoms with E-state index in [0.717, 1.165) is 22.2 Å². The van der Waals surface area contributed by atoms with E-state index in [1.165, 1.54) is 12.8 Å². The molecule has 0 saturated heterocycles. The highest BCUT2D eigenvalue weighted by atomic mass is 16.6. The summed E-state index contributed by atoms with van der Waals surface area (Å²) in [5.74, 6) is 1.01. The van der Waals surface area contributed by atoms with E-state index in [4.69, 9.17) is 4.84 Å². The molecule has 0 spiro atoms. The smallest absolute Gasteiger partial charge is 0.321 e. The van der Waals surface area contributed by atoms with E-state index in [1.54, 1.807) is 18.6 Å². The zero-order chi connectivity index (χ0) is 19.3. The fourth-order valence-corrected chi connectivity index (χ4v) is 2.84. The summed E-state index contributed by atoms with van der Waals surface area (Å²) >= 11 is 0. The van der Waals surface area contributed by atoms with Crippen LogP contribution in [0.4, 0.5) is 10.7 Å². The Morgan fingerprint density at radius 2 is 2.29 bits per heavy atom. The van der Waals surface area contributed by atoms with Gasteiger partial charge in [0.05, 0.1) is 17.2 Å². The molecule has 0 aliphatic heterocycles. The Morgan fingerprint density at radius 3 is 3.04 bits per heavy atom. The second-order valence-electron chi connectivity index (χ2n) is 6.75. The molecule has 1 fully saturated rings. The topological polar surface area (TPSA) is 104 Å². The summed E-state index contributed by atoms with van der Waals surface area (Å²) in [6.45, 7) is 3.04. The van der Waals surface area contributed by atoms with Crippen molar-refractivity contribution in [1.29, 1.82) is 0 Å². The second kappa shape index (κ2) is 8.08. The molecule has 0 atom stereocenters. The third-order valence-electron chi connectivity index (χ3n) is 4.45. The first-order valence-electron chi connectivity index (χ1n) is 9.37. The summed E-state index contributed by atoms with van der Waals surface area (Å²) in [5.41, 5.74) is 4.24. The van der Waals surface area contributed by atoms with E-state index < -0.39 is 0 Å². The summed E-state index contributed by atoms with van der Waals surface area (Å²) in [6, 6.07) is 7.53. The van der Waals surface area contributed by atoms with Crippen molar-refractivity contribution in [3.05, 3.63) is 42.2 Å². The minimum atomic E-state index is -0.308. The van der Waals surface area contributed by atoms with E-state index in [2.05, 4.69) is 30.7 Å². The number of hydrogen-bond acceptors (Lipinski definition) is 5. The second-order valence-corrected chi connectivity index (χ2v) is 6.75. The fourth-order valence-electron chi connectivity index (χ4n) is 2.84. The number of rotatable bonds is 7. The number of anilines is 1. The van der Waals surface area contributed by atoms with Gasteiger partial charge in [0.25, 0.3) is 0 Å². The van der Waals surface area contributed by atoms with Gasteiger partial charge in [-0.25, -0.2) is 9.78 Å². The molecule has 1 aromatic carbocycles. The van der Waals surface area contributed by atoms with Gasteiger partial charge >= 0.3 is 6.03 Å². The van der Waals surface area contributed by atoms with Gasteiger partial charge in [-0.2, -0.15) is 0 Å². The van der Waals surface area contributed by atoms with Crippen molar-refractivity contribution >= 4 is 29.2 Å². The van der Waals surface area contributed by atoms with Crippen LogP contribution in [0.3, 0.4) is 0 Å². The molecule has 4 rings (SSSR count). The summed E-state index contributed by atoms with van der Waals surface area (Å²) in [5, 5.41) is 9.50. The standard InChI is InChI=1S/C20H22N6O2/c1-2-22-20(27)26-19-24-17-9-15(14-4-3-7-21-10-14)8-16(18(17)25-19)11-23-28-12-13-5-6-13/h3-4,7-11,13H,2,5-6,12H2,1H3,(H3,22,24,25,26,27)/b23-11+. The van der Waals surface area contributed by atoms with Gasteiger partial charge < -0.3 is 15.1 Å². The van der Waals surface area contributed by atoms with Crippen LogP contribution in [0, 0.1) is 5.92 Å². The molecule has 0 bridgehead atoms. The zero-order valence-corrected chi connectivity index (χ0v) is 15.6. The number of amides is 2. The molecule has 8 heteroatoms. The van der Waals surface area contributed by atoms with Gasteiger partial charge in [0.1, 0.15) is 6.61 Å². The monoisotopic (exact) mass is 378 g/mol. The fraction of sp³-hybridized carbons (Fsp3) is 0.300. The van der Waals surface area contributed by atoms with E-state index in [0.29, 0.717) is 30.5 Å². The number of hydrogen-bond donors (Lipinski definition) is 3. The lowest BCUT2D eigenvalue weighted by Crippen LogP contribution is -2.28. The molecule has 3 N–H and O–H groups in total. The average molecular weight is 378 g/mol. The molecule has 1 saturated carbocycles. The molecule has 144 valence electrons. The lowest BCUT2D eigenvalue weighted by atomic mass is 10.0. The number of carbonyl (C=O) groups is 1. The van der Waals surface area contributed by atoms with Crippen LogP contribution in [0.2, 0.25) is 0 Å². The van der Waals surface area contributed by atoms with Gasteiger partial charge in [-0.05, 0) is 49.4 Å². The number of pyridine rings is 1. The largest absolute Gasteiger partial charge is 0.396 e. The molecule has 8 nitrogen and oxygen atoms in total. The van der Waals surface area contributed by atoms with Crippen LogP contribution in [0.25, 0.3) is 22.2 Å². The Hall–Kier alpha value is -3.42. The average Bonchev–Trinajstić information content (AvgIpc) is 3.44. The van der Waals surface area contributed by atoms with Crippen molar-refractivity contribution < 1.29 is 9.63 Å². The number of nitrogens with zero attached hydrogens (tertiary/aromatic N) is 3. The minimum Gasteiger partial charge on any atom is -0.396 e. The molecule has 1 aliphatic rings. The van der Waals surface area contributed by atoms with Crippen molar-refractivity contribution in [3.8, 4) is 11.1 Å². The van der Waals surface area contributed by atoms with Crippen molar-refractivity contribution in [3.63, 3.8) is 0 Å². The number of benzene rings is 1. The van der Waals surface area contributed by atoms with Crippen LogP contribution < -0.4 is 10.6 Å². The van der Waals surface area contributed by atoms with Crippen LogP contribution in [0.1, 0.15) is 25.3 Å². The molecular formula is C20H22N6O2. The van der Waals surface area contributed by atoms with E-state index >= 15 is 0 Å². The molecular weight excluding hydrogens is 356 g/mol. The zero-order valence-electron chi connectivity index (χ0n) is 15.6. The third kappa shape index (κ3) is 4.28. The number of carbonyl (C=O) groups excluding carboxylic acids is 1. The summed E-state index contributed by atoms with van der Waals surface area (Å²) < 4.78 is 0. The number of aromatic nitrogens is 3. The van der Waals surface area contributed by atoms with Crippen LogP contribution in [0.15, 0.2) is 41.8 Å². The molecule has 28 heavy (non-hydrogen) atoms. The van der Waals surface area contributed by atoms with Gasteiger partial charge in [-0.15, -0.1) is 0 Å². The first kappa shape index (κ1) is 18.0. The Labute approximate surface area is 162 Å². The van der Waals surface area contributed by atoms with Crippen molar-refractivity contribution in [1.82, 2.24) is 20.3 Å². The number of nitrogens with one attached hydrogen (secondary N) is 3. The van der Waals surface area contributed by atoms with E-state index in [1.807, 2.05) is 31.2 Å². The van der Waals surface area contributed by atoms with Gasteiger partial charge in [-0.3, -0.25) is 10.3 Å². The van der Waals surface area contributed by atoms with Gasteiger partial charge in [0.15, 0.2) is 0 Å². The summed E-state index contributed by atoms with van der Waals surface area (Å²) in [6.07, 6.45) is 7.63. The maximum absolute atomic E-state index is 11.8. The predicted octanol–water partition coefficient (Wildman–Crippen LogP) is 3.53. The Bertz CT molecular complexity index is 995. The molecule has 0 radical (unpaired) electrons. The number of oxime groups is 1. The lowest BCUT2D eigenvalue weighted by molar-refractivity contribution is 0.135. The maximum Gasteiger partial charge on any atom is 0.321 e. The number of imidazole rings is 1. The molecule has 1 aliphatic carbocycles. The molecule has 2 amide bonds. The number of H-pyrrole nitrogens is 1. The Morgan fingerprint density at radius 1 is 1.39 bits per heavy atom. The van der Waals surface area contributed by atoms with Gasteiger partial charge in [-0.1, -0.05) is 11.2 Å². The highest BCUT2D eigenvalue weighted by molar-refractivity contribution is 6.00. The van der Waals surface area contributed by atoms with Crippen molar-refractivity contribution in [2.75, 3.05) is 18.5 Å². The molecule has 0 unspecified atom stereocenters. The summed E-state index contributed by atoms with van der Waals surface area (Å²) in [4.78, 5) is 29.0. The first-order valence-corrected chi connectivity index (χ1v) is 9.37. The predicted molar refractivity (Wildman–Crippen MR) is 108 cm³/mol. The SMILES string of the molecule is CCNC(=O)Nc1nc2c(/C=N/OCC3CC3)cc(-c3cccnc3)cc2[nH]1. The van der Waals surface area contributed by atoms with Crippen molar-refractivity contribution in [2.24, 2.45) is 11.1 Å². The van der Waals surface area contributed by atoms with Crippen molar-refractivity contribution in [2.45, 2.75) is 19.8 Å². The number of fused-ring (bicyclic) bond motifs is 1. The van der Waals surface area contributed by atoms with E-state index in [-0.39, 0.29) is 6.03 Å². The molecule has 3 aromatic rings. The number of aromatic amines is 1. The Balaban J connectivity index is 1.67. The maximum atomic E-state index is 11.8. The highest BCUT2D eigenvalue weighted by Crippen LogP contribution is 2.29. The van der Waals surface area contributed by atoms with Gasteiger partial charge in [0, 0.05) is 30.1 Å². The summed E-state index contributed by atoms with van der Waals surface area (Å²) in [7, 11) is 0. The first-order chi connectivity index (χ1) is 13.7. The van der Waals surface area contributed by atoms with Crippen LogP contribution >= 0.6 is 0 Å². The quantitative estimate of drug-likeness (QED) is 0.432. The number of urea groups is 1. The minimum absolute atomic E-state index is 0.308. The van der Waals surface area contributed by atoms with Crippen LogP contribution in [0.5, 0.6) is 0 Å². The van der Waals surface area contributed by atoms with E-state index in [9.17, 15) is 4.79 Å². The van der Waals surface area contributed by atoms with Crippen LogP contribution in [-0.4, -0.2) is 40.3 Å². The third-order valence-corrected chi connectivity index (χ3v) is 4.45. The molecule has 2 aromatic heterocycles. The highest BCUT2D eigenvalue weighted by Gasteiger charge is 2.21. The van der Waals surface area contributed by atoms with Gasteiger partial charge in [0.2, 0.25) is 5.95 Å². The van der Waals surface area contributed by atoms with Crippen LogP contribution in [-0.2, 0) is 4.84 Å². The normalized spacial score (nSPS) is 13.8. The Kier molecular flexibility index (Phi) is 5.18. The molecule has 2 heterocycles.